The number of amides is 1. The molecule has 3 aromatic rings. The fraction of sp³-hybridized carbons (Fsp3) is 0.333. The average Bonchev–Trinajstić information content (AvgIpc) is 2.96. The Morgan fingerprint density at radius 1 is 1.12 bits per heavy atom. The molecule has 25 heavy (non-hydrogen) atoms. The monoisotopic (exact) mass is 335 g/mol. The van der Waals surface area contributed by atoms with E-state index in [9.17, 15) is 4.79 Å². The van der Waals surface area contributed by atoms with Gasteiger partial charge in [-0.05, 0) is 51.0 Å². The lowest BCUT2D eigenvalue weighted by Gasteiger charge is -2.21. The Kier molecular flexibility index (Phi) is 4.38. The Hall–Kier alpha value is -2.62. The van der Waals surface area contributed by atoms with Gasteiger partial charge in [0.05, 0.1) is 23.3 Å². The highest BCUT2D eigenvalue weighted by Crippen LogP contribution is 2.25. The van der Waals surface area contributed by atoms with Gasteiger partial charge in [0.1, 0.15) is 0 Å². The van der Waals surface area contributed by atoms with Gasteiger partial charge in [-0.2, -0.15) is 5.10 Å². The van der Waals surface area contributed by atoms with Crippen LogP contribution in [0.25, 0.3) is 10.8 Å². The van der Waals surface area contributed by atoms with E-state index in [-0.39, 0.29) is 17.5 Å². The maximum absolute atomic E-state index is 12.8. The van der Waals surface area contributed by atoms with Crippen LogP contribution >= 0.6 is 0 Å². The lowest BCUT2D eigenvalue weighted by Crippen LogP contribution is -2.28. The first-order valence-electron chi connectivity index (χ1n) is 8.62. The van der Waals surface area contributed by atoms with Gasteiger partial charge in [0.2, 0.25) is 0 Å². The molecule has 130 valence electrons. The standard InChI is InChI=1S/C21H25N3O/c1-14(17-12-8-10-16-9-6-7-11-18(16)17)23-20(25)19-13-22-24(15(19)2)21(3,4)5/h6-14H,1-5H3,(H,23,25). The second-order valence-electron chi connectivity index (χ2n) is 7.49. The number of fused-ring (bicyclic) bond motifs is 1. The summed E-state index contributed by atoms with van der Waals surface area (Å²) < 4.78 is 1.89. The van der Waals surface area contributed by atoms with E-state index in [1.54, 1.807) is 6.20 Å². The van der Waals surface area contributed by atoms with E-state index in [2.05, 4.69) is 55.5 Å². The summed E-state index contributed by atoms with van der Waals surface area (Å²) in [5.41, 5.74) is 2.48. The molecule has 1 atom stereocenters. The number of rotatable bonds is 3. The molecule has 1 heterocycles. The van der Waals surface area contributed by atoms with E-state index in [4.69, 9.17) is 0 Å². The number of aromatic nitrogens is 2. The smallest absolute Gasteiger partial charge is 0.255 e. The molecule has 1 aromatic heterocycles. The highest BCUT2D eigenvalue weighted by atomic mass is 16.1. The van der Waals surface area contributed by atoms with Crippen LogP contribution in [0.1, 0.15) is 55.4 Å². The maximum Gasteiger partial charge on any atom is 0.255 e. The quantitative estimate of drug-likeness (QED) is 0.761. The molecule has 0 saturated carbocycles. The molecular formula is C21H25N3O. The summed E-state index contributed by atoms with van der Waals surface area (Å²) in [7, 11) is 0. The van der Waals surface area contributed by atoms with Crippen LogP contribution in [0, 0.1) is 6.92 Å². The molecule has 0 aliphatic carbocycles. The van der Waals surface area contributed by atoms with Crippen LogP contribution in [0.4, 0.5) is 0 Å². The van der Waals surface area contributed by atoms with E-state index < -0.39 is 0 Å². The first kappa shape index (κ1) is 17.2. The van der Waals surface area contributed by atoms with Crippen LogP contribution in [0.3, 0.4) is 0 Å². The summed E-state index contributed by atoms with van der Waals surface area (Å²) in [6.07, 6.45) is 1.66. The minimum absolute atomic E-state index is 0.0870. The zero-order valence-electron chi connectivity index (χ0n) is 15.5. The fourth-order valence-electron chi connectivity index (χ4n) is 3.29. The van der Waals surface area contributed by atoms with Crippen LogP contribution in [0.5, 0.6) is 0 Å². The molecule has 0 aliphatic rings. The Balaban J connectivity index is 1.87. The van der Waals surface area contributed by atoms with Crippen molar-refractivity contribution in [2.45, 2.75) is 46.2 Å². The van der Waals surface area contributed by atoms with Crippen molar-refractivity contribution in [3.8, 4) is 0 Å². The summed E-state index contributed by atoms with van der Waals surface area (Å²) in [5.74, 6) is -0.0894. The SMILES string of the molecule is Cc1c(C(=O)NC(C)c2cccc3ccccc23)cnn1C(C)(C)C. The lowest BCUT2D eigenvalue weighted by atomic mass is 9.99. The van der Waals surface area contributed by atoms with Crippen LogP contribution in [0.2, 0.25) is 0 Å². The Labute approximate surface area is 148 Å². The van der Waals surface area contributed by atoms with E-state index in [1.165, 1.54) is 10.8 Å². The van der Waals surface area contributed by atoms with Crippen molar-refractivity contribution in [1.82, 2.24) is 15.1 Å². The lowest BCUT2D eigenvalue weighted by molar-refractivity contribution is 0.0939. The van der Waals surface area contributed by atoms with Crippen molar-refractivity contribution in [3.63, 3.8) is 0 Å². The third-order valence-electron chi connectivity index (χ3n) is 4.53. The van der Waals surface area contributed by atoms with E-state index in [1.807, 2.05) is 36.7 Å². The highest BCUT2D eigenvalue weighted by molar-refractivity contribution is 5.96. The van der Waals surface area contributed by atoms with Crippen molar-refractivity contribution in [3.05, 3.63) is 65.5 Å². The number of carbonyl (C=O) groups excluding carboxylic acids is 1. The Morgan fingerprint density at radius 2 is 1.80 bits per heavy atom. The van der Waals surface area contributed by atoms with E-state index in [0.29, 0.717) is 5.56 Å². The molecule has 0 saturated heterocycles. The van der Waals surface area contributed by atoms with Crippen molar-refractivity contribution in [2.24, 2.45) is 0 Å². The fourth-order valence-corrected chi connectivity index (χ4v) is 3.29. The normalized spacial score (nSPS) is 13.0. The summed E-state index contributed by atoms with van der Waals surface area (Å²) in [6, 6.07) is 14.3. The molecule has 0 aliphatic heterocycles. The molecule has 3 rings (SSSR count). The number of nitrogens with one attached hydrogen (secondary N) is 1. The summed E-state index contributed by atoms with van der Waals surface area (Å²) in [6.45, 7) is 10.2. The van der Waals surface area contributed by atoms with Gasteiger partial charge in [-0.3, -0.25) is 9.48 Å². The molecular weight excluding hydrogens is 310 g/mol. The summed E-state index contributed by atoms with van der Waals surface area (Å²) >= 11 is 0. The number of carbonyl (C=O) groups is 1. The molecule has 4 nitrogen and oxygen atoms in total. The van der Waals surface area contributed by atoms with Gasteiger partial charge in [-0.15, -0.1) is 0 Å². The third-order valence-corrected chi connectivity index (χ3v) is 4.53. The number of hydrogen-bond acceptors (Lipinski definition) is 2. The van der Waals surface area contributed by atoms with Crippen molar-refractivity contribution >= 4 is 16.7 Å². The van der Waals surface area contributed by atoms with Crippen molar-refractivity contribution < 1.29 is 4.79 Å². The molecule has 1 amide bonds. The van der Waals surface area contributed by atoms with Crippen molar-refractivity contribution in [1.29, 1.82) is 0 Å². The number of benzene rings is 2. The zero-order valence-corrected chi connectivity index (χ0v) is 15.5. The van der Waals surface area contributed by atoms with Crippen LogP contribution in [-0.4, -0.2) is 15.7 Å². The topological polar surface area (TPSA) is 46.9 Å². The molecule has 4 heteroatoms. The van der Waals surface area contributed by atoms with Gasteiger partial charge in [-0.1, -0.05) is 42.5 Å². The Bertz CT molecular complexity index is 913. The first-order valence-corrected chi connectivity index (χ1v) is 8.62. The van der Waals surface area contributed by atoms with Crippen LogP contribution < -0.4 is 5.32 Å². The van der Waals surface area contributed by atoms with Gasteiger partial charge in [-0.25, -0.2) is 0 Å². The second kappa shape index (κ2) is 6.36. The van der Waals surface area contributed by atoms with Gasteiger partial charge in [0.25, 0.3) is 5.91 Å². The van der Waals surface area contributed by atoms with Gasteiger partial charge >= 0.3 is 0 Å². The summed E-state index contributed by atoms with van der Waals surface area (Å²) in [4.78, 5) is 12.8. The van der Waals surface area contributed by atoms with Crippen LogP contribution in [-0.2, 0) is 5.54 Å². The molecule has 2 aromatic carbocycles. The number of hydrogen-bond donors (Lipinski definition) is 1. The number of nitrogens with zero attached hydrogens (tertiary/aromatic N) is 2. The van der Waals surface area contributed by atoms with Gasteiger partial charge in [0, 0.05) is 5.69 Å². The van der Waals surface area contributed by atoms with Crippen molar-refractivity contribution in [2.75, 3.05) is 0 Å². The highest BCUT2D eigenvalue weighted by Gasteiger charge is 2.22. The molecule has 0 fully saturated rings. The predicted octanol–water partition coefficient (Wildman–Crippen LogP) is 4.59. The van der Waals surface area contributed by atoms with Gasteiger partial charge in [0.15, 0.2) is 0 Å². The van der Waals surface area contributed by atoms with Gasteiger partial charge < -0.3 is 5.32 Å². The zero-order chi connectivity index (χ0) is 18.2. The molecule has 1 N–H and O–H groups in total. The first-order chi connectivity index (χ1) is 11.8. The largest absolute Gasteiger partial charge is 0.345 e. The molecule has 0 spiro atoms. The van der Waals surface area contributed by atoms with E-state index >= 15 is 0 Å². The Morgan fingerprint density at radius 3 is 2.48 bits per heavy atom. The minimum Gasteiger partial charge on any atom is -0.345 e. The predicted molar refractivity (Wildman–Crippen MR) is 102 cm³/mol. The maximum atomic E-state index is 12.8. The van der Waals surface area contributed by atoms with Crippen LogP contribution in [0.15, 0.2) is 48.7 Å². The second-order valence-corrected chi connectivity index (χ2v) is 7.49. The third kappa shape index (κ3) is 3.29. The molecule has 0 bridgehead atoms. The molecule has 0 radical (unpaired) electrons. The summed E-state index contributed by atoms with van der Waals surface area (Å²) in [5, 5.41) is 9.86. The minimum atomic E-state index is -0.149. The molecule has 1 unspecified atom stereocenters. The average molecular weight is 335 g/mol. The van der Waals surface area contributed by atoms with E-state index in [0.717, 1.165) is 11.3 Å².